The molecule has 152 valence electrons. The van der Waals surface area contributed by atoms with E-state index < -0.39 is 18.0 Å². The van der Waals surface area contributed by atoms with Gasteiger partial charge < -0.3 is 14.0 Å². The molecular formula is C19H21N5O5. The van der Waals surface area contributed by atoms with Crippen LogP contribution in [0.15, 0.2) is 30.5 Å². The van der Waals surface area contributed by atoms with Crippen molar-refractivity contribution in [3.63, 3.8) is 0 Å². The standard InChI is InChI=1S/C19H21N5O5/c1-12(25)17-9-23(18-7-5-4-6-16(17)18)10-19-20-22-24(21-19)8-15(29-14(3)27)11-28-13(2)26/h4-7,9,15H,8,10-11H2,1-3H3. The zero-order chi connectivity index (χ0) is 21.0. The van der Waals surface area contributed by atoms with E-state index in [0.29, 0.717) is 17.9 Å². The quantitative estimate of drug-likeness (QED) is 0.412. The van der Waals surface area contributed by atoms with Crippen LogP contribution in [0.5, 0.6) is 0 Å². The number of nitrogens with zero attached hydrogens (tertiary/aromatic N) is 5. The first kappa shape index (κ1) is 20.2. The Morgan fingerprint density at radius 2 is 1.86 bits per heavy atom. The number of Topliss-reactive ketones (excluding diaryl/α,β-unsaturated/α-hetero) is 1. The van der Waals surface area contributed by atoms with Crippen molar-refractivity contribution < 1.29 is 23.9 Å². The molecule has 2 aromatic heterocycles. The molecule has 1 atom stereocenters. The van der Waals surface area contributed by atoms with Crippen molar-refractivity contribution in [3.8, 4) is 0 Å². The number of ether oxygens (including phenoxy) is 2. The van der Waals surface area contributed by atoms with E-state index in [2.05, 4.69) is 15.4 Å². The number of hydrogen-bond acceptors (Lipinski definition) is 8. The molecule has 1 aromatic carbocycles. The minimum Gasteiger partial charge on any atom is -0.462 e. The molecule has 0 aliphatic carbocycles. The molecule has 0 bridgehead atoms. The van der Waals surface area contributed by atoms with Crippen LogP contribution in [-0.2, 0) is 32.2 Å². The zero-order valence-electron chi connectivity index (χ0n) is 16.4. The maximum Gasteiger partial charge on any atom is 0.303 e. The van der Waals surface area contributed by atoms with Crippen LogP contribution in [0.1, 0.15) is 37.0 Å². The summed E-state index contributed by atoms with van der Waals surface area (Å²) in [7, 11) is 0. The zero-order valence-corrected chi connectivity index (χ0v) is 16.4. The number of hydrogen-bond donors (Lipinski definition) is 0. The summed E-state index contributed by atoms with van der Waals surface area (Å²) >= 11 is 0. The Balaban J connectivity index is 1.76. The predicted molar refractivity (Wildman–Crippen MR) is 101 cm³/mol. The molecule has 0 spiro atoms. The van der Waals surface area contributed by atoms with Crippen LogP contribution in [0.25, 0.3) is 10.9 Å². The van der Waals surface area contributed by atoms with Crippen molar-refractivity contribution >= 4 is 28.6 Å². The van der Waals surface area contributed by atoms with Gasteiger partial charge in [0.2, 0.25) is 0 Å². The Morgan fingerprint density at radius 3 is 2.55 bits per heavy atom. The first-order valence-electron chi connectivity index (χ1n) is 8.99. The summed E-state index contributed by atoms with van der Waals surface area (Å²) in [6.45, 7) is 4.37. The summed E-state index contributed by atoms with van der Waals surface area (Å²) < 4.78 is 11.9. The molecule has 0 amide bonds. The molecule has 29 heavy (non-hydrogen) atoms. The Hall–Kier alpha value is -3.56. The normalized spacial score (nSPS) is 12.0. The van der Waals surface area contributed by atoms with Crippen LogP contribution in [0.4, 0.5) is 0 Å². The van der Waals surface area contributed by atoms with Gasteiger partial charge in [0.25, 0.3) is 0 Å². The highest BCUT2D eigenvalue weighted by Gasteiger charge is 2.18. The first-order valence-corrected chi connectivity index (χ1v) is 8.99. The van der Waals surface area contributed by atoms with E-state index in [1.807, 2.05) is 28.8 Å². The molecule has 2 heterocycles. The fraction of sp³-hybridized carbons (Fsp3) is 0.368. The molecular weight excluding hydrogens is 378 g/mol. The molecule has 0 saturated heterocycles. The number of para-hydroxylation sites is 1. The Kier molecular flexibility index (Phi) is 6.01. The Morgan fingerprint density at radius 1 is 1.10 bits per heavy atom. The topological polar surface area (TPSA) is 118 Å². The van der Waals surface area contributed by atoms with E-state index in [4.69, 9.17) is 9.47 Å². The summed E-state index contributed by atoms with van der Waals surface area (Å²) in [5.41, 5.74) is 1.52. The van der Waals surface area contributed by atoms with Crippen molar-refractivity contribution in [2.75, 3.05) is 6.61 Å². The smallest absolute Gasteiger partial charge is 0.303 e. The third-order valence-electron chi connectivity index (χ3n) is 4.15. The third kappa shape index (κ3) is 5.03. The molecule has 0 fully saturated rings. The summed E-state index contributed by atoms with van der Waals surface area (Å²) in [5.74, 6) is -0.575. The fourth-order valence-corrected chi connectivity index (χ4v) is 2.98. The van der Waals surface area contributed by atoms with Gasteiger partial charge in [-0.25, -0.2) is 0 Å². The fourth-order valence-electron chi connectivity index (χ4n) is 2.98. The highest BCUT2D eigenvalue weighted by Crippen LogP contribution is 2.22. The molecule has 0 aliphatic rings. The van der Waals surface area contributed by atoms with Crippen molar-refractivity contribution in [1.29, 1.82) is 0 Å². The van der Waals surface area contributed by atoms with Gasteiger partial charge in [-0.1, -0.05) is 18.2 Å². The third-order valence-corrected chi connectivity index (χ3v) is 4.15. The van der Waals surface area contributed by atoms with Crippen LogP contribution < -0.4 is 0 Å². The molecule has 10 nitrogen and oxygen atoms in total. The van der Waals surface area contributed by atoms with E-state index in [1.165, 1.54) is 25.6 Å². The molecule has 0 saturated carbocycles. The van der Waals surface area contributed by atoms with E-state index in [9.17, 15) is 14.4 Å². The van der Waals surface area contributed by atoms with Crippen molar-refractivity contribution in [2.24, 2.45) is 0 Å². The highest BCUT2D eigenvalue weighted by molar-refractivity contribution is 6.06. The molecule has 3 aromatic rings. The molecule has 0 aliphatic heterocycles. The minimum atomic E-state index is -0.727. The lowest BCUT2D eigenvalue weighted by Gasteiger charge is -2.15. The number of carbonyl (C=O) groups is 3. The SMILES string of the molecule is CC(=O)OCC(Cn1nnc(Cn2cc(C(C)=O)c3ccccc32)n1)OC(C)=O. The van der Waals surface area contributed by atoms with Gasteiger partial charge >= 0.3 is 11.9 Å². The van der Waals surface area contributed by atoms with Gasteiger partial charge in [0.1, 0.15) is 13.2 Å². The van der Waals surface area contributed by atoms with Gasteiger partial charge in [0.05, 0.1) is 6.54 Å². The van der Waals surface area contributed by atoms with Gasteiger partial charge in [-0.3, -0.25) is 14.4 Å². The molecule has 1 unspecified atom stereocenters. The van der Waals surface area contributed by atoms with E-state index in [0.717, 1.165) is 10.9 Å². The lowest BCUT2D eigenvalue weighted by molar-refractivity contribution is -0.157. The summed E-state index contributed by atoms with van der Waals surface area (Å²) in [6, 6.07) is 7.59. The first-order chi connectivity index (χ1) is 13.8. The number of rotatable bonds is 8. The van der Waals surface area contributed by atoms with E-state index >= 15 is 0 Å². The summed E-state index contributed by atoms with van der Waals surface area (Å²) in [6.07, 6.45) is 1.05. The molecule has 3 rings (SSSR count). The van der Waals surface area contributed by atoms with Gasteiger partial charge in [-0.2, -0.15) is 4.80 Å². The number of carbonyl (C=O) groups excluding carboxylic acids is 3. The average molecular weight is 399 g/mol. The number of ketones is 1. The predicted octanol–water partition coefficient (Wildman–Crippen LogP) is 1.37. The lowest BCUT2D eigenvalue weighted by Crippen LogP contribution is -2.29. The van der Waals surface area contributed by atoms with Crippen molar-refractivity contribution in [2.45, 2.75) is 40.0 Å². The largest absolute Gasteiger partial charge is 0.462 e. The van der Waals surface area contributed by atoms with E-state index in [1.54, 1.807) is 6.20 Å². The van der Waals surface area contributed by atoms with Crippen LogP contribution in [0.3, 0.4) is 0 Å². The monoisotopic (exact) mass is 399 g/mol. The second-order valence-corrected chi connectivity index (χ2v) is 6.54. The van der Waals surface area contributed by atoms with Gasteiger partial charge in [0, 0.05) is 36.5 Å². The molecule has 10 heteroatoms. The van der Waals surface area contributed by atoms with Crippen LogP contribution in [0.2, 0.25) is 0 Å². The number of fused-ring (bicyclic) bond motifs is 1. The van der Waals surface area contributed by atoms with Crippen LogP contribution in [-0.4, -0.2) is 55.2 Å². The second-order valence-electron chi connectivity index (χ2n) is 6.54. The molecule has 0 N–H and O–H groups in total. The highest BCUT2D eigenvalue weighted by atomic mass is 16.6. The average Bonchev–Trinajstić information content (AvgIpc) is 3.24. The van der Waals surface area contributed by atoms with Crippen LogP contribution >= 0.6 is 0 Å². The van der Waals surface area contributed by atoms with Crippen molar-refractivity contribution in [1.82, 2.24) is 24.8 Å². The molecule has 0 radical (unpaired) electrons. The Bertz CT molecular complexity index is 1050. The Labute approximate surface area is 166 Å². The number of aromatic nitrogens is 5. The lowest BCUT2D eigenvalue weighted by atomic mass is 10.1. The van der Waals surface area contributed by atoms with Gasteiger partial charge in [-0.05, 0) is 18.2 Å². The van der Waals surface area contributed by atoms with Gasteiger partial charge in [0.15, 0.2) is 17.7 Å². The number of tetrazole rings is 1. The van der Waals surface area contributed by atoms with Crippen molar-refractivity contribution in [3.05, 3.63) is 41.9 Å². The maximum atomic E-state index is 11.9. The minimum absolute atomic E-state index is 0.0220. The number of esters is 2. The second kappa shape index (κ2) is 8.63. The summed E-state index contributed by atoms with van der Waals surface area (Å²) in [5, 5.41) is 13.2. The van der Waals surface area contributed by atoms with Gasteiger partial charge in [-0.15, -0.1) is 10.2 Å². The summed E-state index contributed by atoms with van der Waals surface area (Å²) in [4.78, 5) is 35.5. The number of benzene rings is 1. The van der Waals surface area contributed by atoms with Crippen LogP contribution in [0, 0.1) is 0 Å². The maximum absolute atomic E-state index is 11.9. The van der Waals surface area contributed by atoms with E-state index in [-0.39, 0.29) is 18.9 Å².